The number of hydrogen-bond acceptors (Lipinski definition) is 2. The molecule has 1 aromatic carbocycles. The number of rotatable bonds is 4. The second-order valence-electron chi connectivity index (χ2n) is 5.94. The van der Waals surface area contributed by atoms with Crippen LogP contribution >= 0.6 is 12.4 Å². The average Bonchev–Trinajstić information content (AvgIpc) is 2.88. The molecular weight excluding hydrogens is 291 g/mol. The molecule has 1 aliphatic carbocycles. The summed E-state index contributed by atoms with van der Waals surface area (Å²) < 4.78 is 13.1. The molecule has 1 saturated carbocycles. The summed E-state index contributed by atoms with van der Waals surface area (Å²) >= 11 is 0. The molecular formula is C16H22ClFN2O. The highest BCUT2D eigenvalue weighted by Gasteiger charge is 2.31. The minimum absolute atomic E-state index is 0. The van der Waals surface area contributed by atoms with Crippen molar-refractivity contribution in [1.29, 1.82) is 0 Å². The van der Waals surface area contributed by atoms with Crippen molar-refractivity contribution in [1.82, 2.24) is 10.6 Å². The summed E-state index contributed by atoms with van der Waals surface area (Å²) in [6.07, 6.45) is 4.74. The highest BCUT2D eigenvalue weighted by molar-refractivity contribution is 5.85. The van der Waals surface area contributed by atoms with E-state index in [1.165, 1.54) is 25.0 Å². The van der Waals surface area contributed by atoms with Crippen LogP contribution in [0.4, 0.5) is 4.39 Å². The van der Waals surface area contributed by atoms with Gasteiger partial charge in [-0.2, -0.15) is 0 Å². The highest BCUT2D eigenvalue weighted by atomic mass is 35.5. The Labute approximate surface area is 131 Å². The highest BCUT2D eigenvalue weighted by Crippen LogP contribution is 2.36. The predicted molar refractivity (Wildman–Crippen MR) is 82.8 cm³/mol. The van der Waals surface area contributed by atoms with Crippen molar-refractivity contribution in [2.75, 3.05) is 13.1 Å². The molecule has 21 heavy (non-hydrogen) atoms. The van der Waals surface area contributed by atoms with Gasteiger partial charge in [-0.1, -0.05) is 25.0 Å². The smallest absolute Gasteiger partial charge is 0.226 e. The van der Waals surface area contributed by atoms with E-state index in [-0.39, 0.29) is 36.1 Å². The van der Waals surface area contributed by atoms with Crippen molar-refractivity contribution in [3.8, 4) is 0 Å². The van der Waals surface area contributed by atoms with Crippen LogP contribution in [0.2, 0.25) is 0 Å². The minimum atomic E-state index is -0.228. The first-order valence-corrected chi connectivity index (χ1v) is 7.50. The van der Waals surface area contributed by atoms with Crippen LogP contribution in [-0.2, 0) is 4.79 Å². The van der Waals surface area contributed by atoms with Gasteiger partial charge >= 0.3 is 0 Å². The quantitative estimate of drug-likeness (QED) is 0.897. The molecule has 0 spiro atoms. The van der Waals surface area contributed by atoms with E-state index in [1.54, 1.807) is 12.1 Å². The Morgan fingerprint density at radius 1 is 1.19 bits per heavy atom. The molecule has 1 aromatic rings. The third-order valence-electron chi connectivity index (χ3n) is 4.55. The summed E-state index contributed by atoms with van der Waals surface area (Å²) in [5.74, 6) is 0.482. The summed E-state index contributed by atoms with van der Waals surface area (Å²) in [5, 5.41) is 6.32. The lowest BCUT2D eigenvalue weighted by molar-refractivity contribution is -0.127. The van der Waals surface area contributed by atoms with Gasteiger partial charge in [0.15, 0.2) is 0 Å². The fourth-order valence-corrected chi connectivity index (χ4v) is 3.18. The van der Waals surface area contributed by atoms with Gasteiger partial charge in [0.2, 0.25) is 5.91 Å². The Morgan fingerprint density at radius 2 is 1.81 bits per heavy atom. The largest absolute Gasteiger partial charge is 0.349 e. The van der Waals surface area contributed by atoms with Gasteiger partial charge < -0.3 is 10.6 Å². The Balaban J connectivity index is 0.00000161. The van der Waals surface area contributed by atoms with Crippen molar-refractivity contribution in [2.24, 2.45) is 11.8 Å². The molecule has 0 aromatic heterocycles. The van der Waals surface area contributed by atoms with Crippen LogP contribution in [0.1, 0.15) is 37.3 Å². The van der Waals surface area contributed by atoms with E-state index in [4.69, 9.17) is 0 Å². The Kier molecular flexibility index (Phi) is 5.59. The van der Waals surface area contributed by atoms with Gasteiger partial charge in [0.1, 0.15) is 5.82 Å². The first-order chi connectivity index (χ1) is 9.74. The second-order valence-corrected chi connectivity index (χ2v) is 5.94. The second kappa shape index (κ2) is 7.23. The summed E-state index contributed by atoms with van der Waals surface area (Å²) in [5.41, 5.74) is 1.03. The lowest BCUT2D eigenvalue weighted by Crippen LogP contribution is -2.51. The third kappa shape index (κ3) is 3.74. The molecule has 2 fully saturated rings. The van der Waals surface area contributed by atoms with Gasteiger partial charge in [-0.05, 0) is 36.5 Å². The maximum absolute atomic E-state index is 13.1. The zero-order chi connectivity index (χ0) is 13.9. The molecule has 0 bridgehead atoms. The molecule has 5 heteroatoms. The number of carbonyl (C=O) groups excluding carboxylic acids is 1. The number of halogens is 2. The average molecular weight is 313 g/mol. The molecule has 1 amide bonds. The van der Waals surface area contributed by atoms with E-state index in [1.807, 2.05) is 0 Å². The molecule has 1 unspecified atom stereocenters. The van der Waals surface area contributed by atoms with Crippen LogP contribution in [0.5, 0.6) is 0 Å². The summed E-state index contributed by atoms with van der Waals surface area (Å²) in [6.45, 7) is 1.54. The first kappa shape index (κ1) is 16.2. The molecule has 2 N–H and O–H groups in total. The van der Waals surface area contributed by atoms with Crippen LogP contribution in [0.3, 0.4) is 0 Å². The zero-order valence-corrected chi connectivity index (χ0v) is 12.8. The van der Waals surface area contributed by atoms with E-state index in [0.29, 0.717) is 5.92 Å². The summed E-state index contributed by atoms with van der Waals surface area (Å²) in [4.78, 5) is 12.2. The van der Waals surface area contributed by atoms with Gasteiger partial charge in [-0.3, -0.25) is 4.79 Å². The van der Waals surface area contributed by atoms with Gasteiger partial charge in [-0.15, -0.1) is 12.4 Å². The molecule has 1 atom stereocenters. The topological polar surface area (TPSA) is 41.1 Å². The predicted octanol–water partition coefficient (Wildman–Crippen LogP) is 2.81. The molecule has 0 radical (unpaired) electrons. The molecule has 1 heterocycles. The number of nitrogens with one attached hydrogen (secondary N) is 2. The number of benzene rings is 1. The Hall–Kier alpha value is -1.13. The van der Waals surface area contributed by atoms with Crippen molar-refractivity contribution in [2.45, 2.75) is 31.7 Å². The fourth-order valence-electron chi connectivity index (χ4n) is 3.18. The van der Waals surface area contributed by atoms with Crippen molar-refractivity contribution in [3.63, 3.8) is 0 Å². The van der Waals surface area contributed by atoms with Crippen molar-refractivity contribution in [3.05, 3.63) is 35.6 Å². The molecule has 3 rings (SSSR count). The van der Waals surface area contributed by atoms with E-state index < -0.39 is 0 Å². The van der Waals surface area contributed by atoms with Crippen molar-refractivity contribution < 1.29 is 9.18 Å². The van der Waals surface area contributed by atoms with Crippen LogP contribution in [0, 0.1) is 17.7 Å². The minimum Gasteiger partial charge on any atom is -0.349 e. The molecule has 2 aliphatic rings. The van der Waals surface area contributed by atoms with Crippen LogP contribution in [-0.4, -0.2) is 19.0 Å². The van der Waals surface area contributed by atoms with Crippen LogP contribution in [0.15, 0.2) is 24.3 Å². The van der Waals surface area contributed by atoms with Gasteiger partial charge in [0.25, 0.3) is 0 Å². The monoisotopic (exact) mass is 312 g/mol. The lowest BCUT2D eigenvalue weighted by atomic mass is 9.90. The molecule has 3 nitrogen and oxygen atoms in total. The first-order valence-electron chi connectivity index (χ1n) is 7.50. The van der Waals surface area contributed by atoms with Gasteiger partial charge in [0.05, 0.1) is 12.0 Å². The van der Waals surface area contributed by atoms with E-state index in [9.17, 15) is 9.18 Å². The van der Waals surface area contributed by atoms with E-state index in [0.717, 1.165) is 31.5 Å². The third-order valence-corrected chi connectivity index (χ3v) is 4.55. The standard InChI is InChI=1S/C16H21FN2O.ClH/c17-14-7-5-12(6-8-14)15(11-3-1-2-4-11)19-16(20)13-9-18-10-13;/h5-8,11,13,15,18H,1-4,9-10H2,(H,19,20);1H. The SMILES string of the molecule is Cl.O=C(NC(c1ccc(F)cc1)C1CCCC1)C1CNC1. The Morgan fingerprint density at radius 3 is 2.33 bits per heavy atom. The van der Waals surface area contributed by atoms with Gasteiger partial charge in [-0.25, -0.2) is 4.39 Å². The van der Waals surface area contributed by atoms with Crippen molar-refractivity contribution >= 4 is 18.3 Å². The number of hydrogen-bond donors (Lipinski definition) is 2. The zero-order valence-electron chi connectivity index (χ0n) is 12.0. The lowest BCUT2D eigenvalue weighted by Gasteiger charge is -2.31. The van der Waals surface area contributed by atoms with Crippen LogP contribution in [0.25, 0.3) is 0 Å². The molecule has 1 aliphatic heterocycles. The van der Waals surface area contributed by atoms with E-state index in [2.05, 4.69) is 10.6 Å². The van der Waals surface area contributed by atoms with Crippen LogP contribution < -0.4 is 10.6 Å². The Bertz CT molecular complexity index is 470. The maximum Gasteiger partial charge on any atom is 0.226 e. The number of carbonyl (C=O) groups is 1. The normalized spacial score (nSPS) is 20.4. The molecule has 116 valence electrons. The summed E-state index contributed by atoms with van der Waals surface area (Å²) in [7, 11) is 0. The molecule has 1 saturated heterocycles. The summed E-state index contributed by atoms with van der Waals surface area (Å²) in [6, 6.07) is 6.60. The fraction of sp³-hybridized carbons (Fsp3) is 0.562. The van der Waals surface area contributed by atoms with Gasteiger partial charge in [0, 0.05) is 13.1 Å². The number of amides is 1. The van der Waals surface area contributed by atoms with E-state index >= 15 is 0 Å². The maximum atomic E-state index is 13.1.